The van der Waals surface area contributed by atoms with Gasteiger partial charge in [-0.1, -0.05) is 24.3 Å². The molecule has 0 saturated carbocycles. The number of nitrogens with zero attached hydrogens (tertiary/aromatic N) is 2. The number of anilines is 1. The minimum Gasteiger partial charge on any atom is -0.321 e. The van der Waals surface area contributed by atoms with Crippen LogP contribution in [0.15, 0.2) is 59.5 Å². The van der Waals surface area contributed by atoms with Crippen LogP contribution >= 0.6 is 23.1 Å². The van der Waals surface area contributed by atoms with Crippen LogP contribution in [0, 0.1) is 11.3 Å². The third kappa shape index (κ3) is 4.69. The number of hydrogen-bond acceptors (Lipinski definition) is 5. The van der Waals surface area contributed by atoms with E-state index in [1.807, 2.05) is 48.5 Å². The van der Waals surface area contributed by atoms with Crippen molar-refractivity contribution in [1.82, 2.24) is 4.98 Å². The molecule has 4 nitrogen and oxygen atoms in total. The summed E-state index contributed by atoms with van der Waals surface area (Å²) >= 11 is 3.11. The van der Waals surface area contributed by atoms with Gasteiger partial charge in [0.1, 0.15) is 5.01 Å². The van der Waals surface area contributed by atoms with Gasteiger partial charge in [0.15, 0.2) is 0 Å². The Kier molecular flexibility index (Phi) is 5.83. The van der Waals surface area contributed by atoms with E-state index >= 15 is 0 Å². The fourth-order valence-corrected chi connectivity index (χ4v) is 3.92. The molecule has 124 valence electrons. The number of amides is 1. The molecule has 1 amide bonds. The maximum absolute atomic E-state index is 12.2. The number of nitriles is 1. The highest BCUT2D eigenvalue weighted by Gasteiger charge is 2.05. The summed E-state index contributed by atoms with van der Waals surface area (Å²) in [6, 6.07) is 17.6. The predicted octanol–water partition coefficient (Wildman–Crippen LogP) is 4.95. The molecule has 1 N–H and O–H groups in total. The van der Waals surface area contributed by atoms with Crippen molar-refractivity contribution in [3.05, 3.63) is 59.6 Å². The van der Waals surface area contributed by atoms with E-state index in [1.165, 1.54) is 6.08 Å². The first-order chi connectivity index (χ1) is 12.3. The summed E-state index contributed by atoms with van der Waals surface area (Å²) in [4.78, 5) is 17.6. The van der Waals surface area contributed by atoms with E-state index in [1.54, 1.807) is 29.2 Å². The second kappa shape index (κ2) is 8.47. The maximum atomic E-state index is 12.2. The van der Waals surface area contributed by atoms with Gasteiger partial charge in [0.2, 0.25) is 5.91 Å². The molecule has 0 aliphatic rings. The molecule has 0 saturated heterocycles. The van der Waals surface area contributed by atoms with E-state index in [4.69, 9.17) is 5.26 Å². The van der Waals surface area contributed by atoms with Crippen LogP contribution in [-0.2, 0) is 4.79 Å². The van der Waals surface area contributed by atoms with E-state index < -0.39 is 0 Å². The number of thioether (sulfide) groups is 1. The molecule has 0 radical (unpaired) electrons. The summed E-state index contributed by atoms with van der Waals surface area (Å²) in [6.45, 7) is 0. The van der Waals surface area contributed by atoms with Gasteiger partial charge in [-0.2, -0.15) is 5.26 Å². The number of rotatable bonds is 6. The zero-order chi connectivity index (χ0) is 17.5. The largest absolute Gasteiger partial charge is 0.321 e. The lowest BCUT2D eigenvalue weighted by atomic mass is 10.3. The molecule has 0 aliphatic carbocycles. The van der Waals surface area contributed by atoms with Crippen LogP contribution in [0.2, 0.25) is 0 Å². The van der Waals surface area contributed by atoms with Crippen LogP contribution in [0.25, 0.3) is 16.3 Å². The summed E-state index contributed by atoms with van der Waals surface area (Å²) in [5, 5.41) is 12.3. The number of benzene rings is 2. The Balaban J connectivity index is 1.67. The van der Waals surface area contributed by atoms with Crippen molar-refractivity contribution in [3.63, 3.8) is 0 Å². The Morgan fingerprint density at radius 3 is 2.88 bits per heavy atom. The fraction of sp³-hybridized carbons (Fsp3) is 0.105. The van der Waals surface area contributed by atoms with E-state index in [2.05, 4.69) is 16.4 Å². The molecule has 0 spiro atoms. The summed E-state index contributed by atoms with van der Waals surface area (Å²) in [5.74, 6) is 0.498. The SMILES string of the molecule is N#CCCSc1ccccc1NC(=O)/C=C/c1nc2ccccc2s1. The van der Waals surface area contributed by atoms with Crippen molar-refractivity contribution < 1.29 is 4.79 Å². The minimum absolute atomic E-state index is 0.201. The molecule has 0 atom stereocenters. The van der Waals surface area contributed by atoms with Crippen LogP contribution in [0.3, 0.4) is 0 Å². The number of aromatic nitrogens is 1. The van der Waals surface area contributed by atoms with Crippen molar-refractivity contribution >= 4 is 51.0 Å². The normalized spacial score (nSPS) is 10.8. The van der Waals surface area contributed by atoms with E-state index in [0.717, 1.165) is 25.8 Å². The number of carbonyl (C=O) groups is 1. The van der Waals surface area contributed by atoms with Gasteiger partial charge in [0.05, 0.1) is 22.0 Å². The summed E-state index contributed by atoms with van der Waals surface area (Å²) in [6.07, 6.45) is 3.70. The highest BCUT2D eigenvalue weighted by atomic mass is 32.2. The molecule has 0 bridgehead atoms. The lowest BCUT2D eigenvalue weighted by Gasteiger charge is -2.08. The lowest BCUT2D eigenvalue weighted by Crippen LogP contribution is -2.08. The summed E-state index contributed by atoms with van der Waals surface area (Å²) in [5.41, 5.74) is 1.69. The number of para-hydroxylation sites is 2. The van der Waals surface area contributed by atoms with Crippen LogP contribution in [-0.4, -0.2) is 16.6 Å². The highest BCUT2D eigenvalue weighted by Crippen LogP contribution is 2.27. The van der Waals surface area contributed by atoms with Crippen LogP contribution in [0.1, 0.15) is 11.4 Å². The molecule has 0 aliphatic heterocycles. The zero-order valence-electron chi connectivity index (χ0n) is 13.3. The van der Waals surface area contributed by atoms with Crippen molar-refractivity contribution in [2.24, 2.45) is 0 Å². The Bertz CT molecular complexity index is 923. The summed E-state index contributed by atoms with van der Waals surface area (Å²) < 4.78 is 1.10. The monoisotopic (exact) mass is 365 g/mol. The number of hydrogen-bond donors (Lipinski definition) is 1. The molecule has 3 aromatic rings. The van der Waals surface area contributed by atoms with Crippen LogP contribution in [0.4, 0.5) is 5.69 Å². The van der Waals surface area contributed by atoms with Gasteiger partial charge < -0.3 is 5.32 Å². The Morgan fingerprint density at radius 1 is 1.24 bits per heavy atom. The van der Waals surface area contributed by atoms with Gasteiger partial charge in [0.25, 0.3) is 0 Å². The quantitative estimate of drug-likeness (QED) is 0.381. The average molecular weight is 365 g/mol. The molecule has 0 fully saturated rings. The van der Waals surface area contributed by atoms with Crippen molar-refractivity contribution in [2.45, 2.75) is 11.3 Å². The number of fused-ring (bicyclic) bond motifs is 1. The van der Waals surface area contributed by atoms with Crippen molar-refractivity contribution in [3.8, 4) is 6.07 Å². The smallest absolute Gasteiger partial charge is 0.248 e. The minimum atomic E-state index is -0.201. The van der Waals surface area contributed by atoms with Gasteiger partial charge in [-0.3, -0.25) is 4.79 Å². The molecular formula is C19H15N3OS2. The average Bonchev–Trinajstić information content (AvgIpc) is 3.05. The Labute approximate surface area is 154 Å². The molecule has 25 heavy (non-hydrogen) atoms. The van der Waals surface area contributed by atoms with Crippen molar-refractivity contribution in [2.75, 3.05) is 11.1 Å². The van der Waals surface area contributed by atoms with Gasteiger partial charge in [-0.15, -0.1) is 23.1 Å². The number of nitrogens with one attached hydrogen (secondary N) is 1. The van der Waals surface area contributed by atoms with E-state index in [0.29, 0.717) is 12.2 Å². The zero-order valence-corrected chi connectivity index (χ0v) is 14.9. The van der Waals surface area contributed by atoms with Crippen LogP contribution < -0.4 is 5.32 Å². The molecule has 6 heteroatoms. The predicted molar refractivity (Wildman–Crippen MR) is 105 cm³/mol. The second-order valence-electron chi connectivity index (χ2n) is 5.10. The Hall–Kier alpha value is -2.62. The van der Waals surface area contributed by atoms with Gasteiger partial charge >= 0.3 is 0 Å². The number of carbonyl (C=O) groups excluding carboxylic acids is 1. The highest BCUT2D eigenvalue weighted by molar-refractivity contribution is 7.99. The molecule has 1 heterocycles. The maximum Gasteiger partial charge on any atom is 0.248 e. The van der Waals surface area contributed by atoms with Gasteiger partial charge in [0, 0.05) is 23.1 Å². The third-order valence-corrected chi connectivity index (χ3v) is 5.38. The van der Waals surface area contributed by atoms with Crippen molar-refractivity contribution in [1.29, 1.82) is 5.26 Å². The molecular weight excluding hydrogens is 350 g/mol. The molecule has 1 aromatic heterocycles. The van der Waals surface area contributed by atoms with Gasteiger partial charge in [-0.05, 0) is 30.3 Å². The lowest BCUT2D eigenvalue weighted by molar-refractivity contribution is -0.111. The topological polar surface area (TPSA) is 65.8 Å². The molecule has 2 aromatic carbocycles. The first kappa shape index (κ1) is 17.2. The first-order valence-corrected chi connectivity index (χ1v) is 9.50. The third-order valence-electron chi connectivity index (χ3n) is 3.30. The Morgan fingerprint density at radius 2 is 2.04 bits per heavy atom. The fourth-order valence-electron chi connectivity index (χ4n) is 2.19. The summed E-state index contributed by atoms with van der Waals surface area (Å²) in [7, 11) is 0. The van der Waals surface area contributed by atoms with Crippen LogP contribution in [0.5, 0.6) is 0 Å². The van der Waals surface area contributed by atoms with Gasteiger partial charge in [-0.25, -0.2) is 4.98 Å². The van der Waals surface area contributed by atoms with E-state index in [9.17, 15) is 4.79 Å². The molecule has 3 rings (SSSR count). The number of thiazole rings is 1. The molecule has 0 unspecified atom stereocenters. The van der Waals surface area contributed by atoms with E-state index in [-0.39, 0.29) is 5.91 Å². The first-order valence-electron chi connectivity index (χ1n) is 7.69. The standard InChI is InChI=1S/C19H15N3OS2/c20-12-5-13-24-16-8-3-1-6-14(16)21-18(23)10-11-19-22-15-7-2-4-9-17(15)25-19/h1-4,6-11H,5,13H2,(H,21,23)/b11-10+. The second-order valence-corrected chi connectivity index (χ2v) is 7.29.